The smallest absolute Gasteiger partial charge is 0.115 e. The van der Waals surface area contributed by atoms with Crippen molar-refractivity contribution >= 4 is 22.6 Å². The Morgan fingerprint density at radius 1 is 1.32 bits per heavy atom. The van der Waals surface area contributed by atoms with Crippen LogP contribution in [0.3, 0.4) is 0 Å². The van der Waals surface area contributed by atoms with Crippen molar-refractivity contribution in [3.8, 4) is 11.8 Å². The molecule has 2 N–H and O–H groups in total. The third-order valence-corrected chi connectivity index (χ3v) is 7.84. The van der Waals surface area contributed by atoms with Crippen molar-refractivity contribution in [1.82, 2.24) is 0 Å². The molecule has 2 fully saturated rings. The van der Waals surface area contributed by atoms with Gasteiger partial charge in [0.1, 0.15) is 5.75 Å². The molecule has 0 aliphatic heterocycles. The standard InChI is InChI=1S/C21H24INO2/c1-20-6-4-17-16-3-2-15(24)11-13(16)10-14(12-23)19(17)18(20)5-7-21(20,25)8-9-22/h2-3,8-9,11,14,17-19,24-25H,4-7,10H2,1H3/b9-8-/t14-,17+,18-,19+,20-,21+/m0/s1. The molecule has 0 radical (unpaired) electrons. The average molecular weight is 449 g/mol. The van der Waals surface area contributed by atoms with Gasteiger partial charge in [-0.2, -0.15) is 5.26 Å². The van der Waals surface area contributed by atoms with Crippen LogP contribution in [0, 0.1) is 34.5 Å². The Kier molecular flexibility index (Phi) is 4.16. The summed E-state index contributed by atoms with van der Waals surface area (Å²) in [6, 6.07) is 8.25. The highest BCUT2D eigenvalue weighted by atomic mass is 127. The Hall–Kier alpha value is -1.06. The number of fused-ring (bicyclic) bond motifs is 5. The molecule has 3 aliphatic carbocycles. The maximum Gasteiger partial charge on any atom is 0.115 e. The number of halogens is 1. The highest BCUT2D eigenvalue weighted by Crippen LogP contribution is 2.65. The van der Waals surface area contributed by atoms with Crippen LogP contribution in [-0.4, -0.2) is 15.8 Å². The molecule has 0 heterocycles. The van der Waals surface area contributed by atoms with E-state index in [0.717, 1.165) is 31.2 Å². The van der Waals surface area contributed by atoms with Crippen molar-refractivity contribution in [3.05, 3.63) is 39.5 Å². The molecule has 0 unspecified atom stereocenters. The lowest BCUT2D eigenvalue weighted by Gasteiger charge is -2.53. The fourth-order valence-corrected chi connectivity index (χ4v) is 6.78. The maximum absolute atomic E-state index is 11.3. The van der Waals surface area contributed by atoms with Crippen LogP contribution in [0.1, 0.15) is 49.7 Å². The van der Waals surface area contributed by atoms with Crippen LogP contribution < -0.4 is 0 Å². The van der Waals surface area contributed by atoms with Crippen LogP contribution in [0.5, 0.6) is 5.75 Å². The number of nitrogens with zero attached hydrogens (tertiary/aromatic N) is 1. The van der Waals surface area contributed by atoms with E-state index in [1.165, 1.54) is 5.56 Å². The van der Waals surface area contributed by atoms with Gasteiger partial charge in [0.15, 0.2) is 0 Å². The van der Waals surface area contributed by atoms with Crippen molar-refractivity contribution in [2.75, 3.05) is 0 Å². The van der Waals surface area contributed by atoms with E-state index in [1.807, 2.05) is 16.2 Å². The van der Waals surface area contributed by atoms with Crippen LogP contribution in [-0.2, 0) is 6.42 Å². The number of aliphatic hydroxyl groups is 1. The first-order valence-electron chi connectivity index (χ1n) is 9.15. The van der Waals surface area contributed by atoms with Gasteiger partial charge in [0.2, 0.25) is 0 Å². The summed E-state index contributed by atoms with van der Waals surface area (Å²) in [6.07, 6.45) is 6.45. The molecule has 0 bridgehead atoms. The average Bonchev–Trinajstić information content (AvgIpc) is 2.85. The second kappa shape index (κ2) is 5.99. The lowest BCUT2D eigenvalue weighted by atomic mass is 9.51. The highest BCUT2D eigenvalue weighted by Gasteiger charge is 2.62. The summed E-state index contributed by atoms with van der Waals surface area (Å²) < 4.78 is 1.94. The molecule has 132 valence electrons. The Labute approximate surface area is 162 Å². The Bertz CT molecular complexity index is 770. The number of hydrogen-bond donors (Lipinski definition) is 2. The molecule has 0 amide bonds. The van der Waals surface area contributed by atoms with Gasteiger partial charge in [-0.3, -0.25) is 0 Å². The Morgan fingerprint density at radius 3 is 2.84 bits per heavy atom. The SMILES string of the molecule is C[C@]12CC[C@@H]3c4ccc(O)cc4C[C@@H](C#N)[C@H]3[C@@H]1CC[C@@]2(O)/C=C\I. The number of phenolic OH excluding ortho intramolecular Hbond substituents is 1. The van der Waals surface area contributed by atoms with E-state index in [4.69, 9.17) is 0 Å². The number of nitriles is 1. The topological polar surface area (TPSA) is 64.2 Å². The summed E-state index contributed by atoms with van der Waals surface area (Å²) in [5.41, 5.74) is 1.55. The summed E-state index contributed by atoms with van der Waals surface area (Å²) in [5, 5.41) is 31.0. The zero-order valence-electron chi connectivity index (χ0n) is 14.5. The van der Waals surface area contributed by atoms with E-state index in [9.17, 15) is 15.5 Å². The summed E-state index contributed by atoms with van der Waals surface area (Å²) in [4.78, 5) is 0. The van der Waals surface area contributed by atoms with E-state index < -0.39 is 5.60 Å². The molecule has 0 aromatic heterocycles. The second-order valence-electron chi connectivity index (χ2n) is 8.32. The van der Waals surface area contributed by atoms with E-state index in [-0.39, 0.29) is 17.1 Å². The molecule has 1 aromatic carbocycles. The monoisotopic (exact) mass is 449 g/mol. The maximum atomic E-state index is 11.3. The molecular formula is C21H24INO2. The van der Waals surface area contributed by atoms with E-state index in [0.29, 0.717) is 24.2 Å². The lowest BCUT2D eigenvalue weighted by Crippen LogP contribution is -2.51. The lowest BCUT2D eigenvalue weighted by molar-refractivity contribution is -0.0761. The van der Waals surface area contributed by atoms with Crippen molar-refractivity contribution in [2.45, 2.75) is 50.5 Å². The van der Waals surface area contributed by atoms with E-state index >= 15 is 0 Å². The molecule has 4 rings (SSSR count). The molecular weight excluding hydrogens is 425 g/mol. The number of hydrogen-bond acceptors (Lipinski definition) is 3. The predicted molar refractivity (Wildman–Crippen MR) is 105 cm³/mol. The van der Waals surface area contributed by atoms with E-state index in [2.05, 4.69) is 41.7 Å². The quantitative estimate of drug-likeness (QED) is 0.613. The molecule has 25 heavy (non-hydrogen) atoms. The third-order valence-electron chi connectivity index (χ3n) is 7.48. The van der Waals surface area contributed by atoms with Gasteiger partial charge in [-0.25, -0.2) is 0 Å². The van der Waals surface area contributed by atoms with Crippen molar-refractivity contribution < 1.29 is 10.2 Å². The van der Waals surface area contributed by atoms with Crippen LogP contribution in [0.15, 0.2) is 28.4 Å². The van der Waals surface area contributed by atoms with Crippen molar-refractivity contribution in [3.63, 3.8) is 0 Å². The van der Waals surface area contributed by atoms with Gasteiger partial charge in [0.25, 0.3) is 0 Å². The van der Waals surface area contributed by atoms with Gasteiger partial charge >= 0.3 is 0 Å². The van der Waals surface area contributed by atoms with Crippen molar-refractivity contribution in [1.29, 1.82) is 5.26 Å². The highest BCUT2D eigenvalue weighted by molar-refractivity contribution is 14.1. The first kappa shape index (κ1) is 17.4. The molecule has 0 saturated heterocycles. The van der Waals surface area contributed by atoms with Crippen LogP contribution in [0.4, 0.5) is 0 Å². The first-order chi connectivity index (χ1) is 11.9. The van der Waals surface area contributed by atoms with Gasteiger partial charge in [-0.1, -0.05) is 35.6 Å². The number of rotatable bonds is 1. The largest absolute Gasteiger partial charge is 0.508 e. The molecule has 6 atom stereocenters. The first-order valence-corrected chi connectivity index (χ1v) is 10.4. The number of aromatic hydroxyl groups is 1. The minimum Gasteiger partial charge on any atom is -0.508 e. The molecule has 1 aromatic rings. The van der Waals surface area contributed by atoms with Gasteiger partial charge in [0, 0.05) is 5.41 Å². The third kappa shape index (κ3) is 2.39. The number of benzene rings is 1. The van der Waals surface area contributed by atoms with E-state index in [1.54, 1.807) is 6.07 Å². The molecule has 0 spiro atoms. The Balaban J connectivity index is 1.78. The molecule has 4 heteroatoms. The normalized spacial score (nSPS) is 42.5. The minimum atomic E-state index is -0.751. The van der Waals surface area contributed by atoms with Gasteiger partial charge in [-0.05, 0) is 83.3 Å². The fraction of sp³-hybridized carbons (Fsp3) is 0.571. The van der Waals surface area contributed by atoms with Gasteiger partial charge in [-0.15, -0.1) is 0 Å². The summed E-state index contributed by atoms with van der Waals surface area (Å²) in [6.45, 7) is 2.23. The zero-order valence-corrected chi connectivity index (χ0v) is 16.6. The molecule has 3 nitrogen and oxygen atoms in total. The zero-order chi connectivity index (χ0) is 17.8. The van der Waals surface area contributed by atoms with Gasteiger partial charge < -0.3 is 10.2 Å². The summed E-state index contributed by atoms with van der Waals surface area (Å²) >= 11 is 2.19. The summed E-state index contributed by atoms with van der Waals surface area (Å²) in [7, 11) is 0. The molecule has 2 saturated carbocycles. The number of phenols is 1. The van der Waals surface area contributed by atoms with Crippen LogP contribution in [0.2, 0.25) is 0 Å². The predicted octanol–water partition coefficient (Wildman–Crippen LogP) is 4.68. The van der Waals surface area contributed by atoms with Crippen LogP contribution in [0.25, 0.3) is 0 Å². The fourth-order valence-electron chi connectivity index (χ4n) is 6.18. The second-order valence-corrected chi connectivity index (χ2v) is 9.04. The van der Waals surface area contributed by atoms with Crippen LogP contribution >= 0.6 is 22.6 Å². The summed E-state index contributed by atoms with van der Waals surface area (Å²) in [5.74, 6) is 1.30. The van der Waals surface area contributed by atoms with Crippen molar-refractivity contribution in [2.24, 2.45) is 23.2 Å². The van der Waals surface area contributed by atoms with Gasteiger partial charge in [0.05, 0.1) is 17.6 Å². The minimum absolute atomic E-state index is 0.0325. The molecule has 3 aliphatic rings. The Morgan fingerprint density at radius 2 is 2.12 bits per heavy atom.